The molecule has 1 aliphatic rings. The lowest BCUT2D eigenvalue weighted by Crippen LogP contribution is -2.16. The van der Waals surface area contributed by atoms with E-state index in [0.29, 0.717) is 0 Å². The first kappa shape index (κ1) is 34.1. The van der Waals surface area contributed by atoms with Gasteiger partial charge in [0.15, 0.2) is 0 Å². The van der Waals surface area contributed by atoms with Crippen LogP contribution in [0.4, 0.5) is 17.1 Å². The highest BCUT2D eigenvalue weighted by Crippen LogP contribution is 2.55. The van der Waals surface area contributed by atoms with Gasteiger partial charge in [-0.05, 0) is 113 Å². The quantitative estimate of drug-likeness (QED) is 0.154. The maximum absolute atomic E-state index is 2.52. The van der Waals surface area contributed by atoms with Crippen molar-refractivity contribution in [2.45, 2.75) is 19.3 Å². The monoisotopic (exact) mass is 739 g/mol. The first-order valence-corrected chi connectivity index (χ1v) is 20.3. The third kappa shape index (κ3) is 5.39. The lowest BCUT2D eigenvalue weighted by atomic mass is 9.82. The zero-order chi connectivity index (χ0) is 38.8. The van der Waals surface area contributed by atoms with E-state index in [1.165, 1.54) is 93.6 Å². The second-order valence-electron chi connectivity index (χ2n) is 16.1. The molecule has 11 rings (SSSR count). The van der Waals surface area contributed by atoms with Gasteiger partial charge in [0, 0.05) is 22.2 Å². The van der Waals surface area contributed by atoms with Crippen LogP contribution in [0.15, 0.2) is 212 Å². The molecular formula is C57H41N. The smallest absolute Gasteiger partial charge is 0.0543 e. The largest absolute Gasteiger partial charge is 0.309 e. The summed E-state index contributed by atoms with van der Waals surface area (Å²) < 4.78 is 0. The number of rotatable bonds is 6. The normalized spacial score (nSPS) is 12.8. The van der Waals surface area contributed by atoms with E-state index in [4.69, 9.17) is 0 Å². The standard InChI is InChI=1S/C57H41N/c1-57(2)52-27-13-12-25-49(52)56-53(57)28-15-29-55(56)58(43-33-30-40(31-34-43)50-37-42-19-7-9-22-45(42)46-23-10-11-24-48(46)50)54-35-32-41(38-16-4-3-5-17-38)36-51(54)47-26-14-20-39-18-6-8-21-44(39)47/h3-37H,1-2H3. The summed E-state index contributed by atoms with van der Waals surface area (Å²) in [5.41, 5.74) is 15.8. The van der Waals surface area contributed by atoms with Gasteiger partial charge in [-0.2, -0.15) is 0 Å². The Morgan fingerprint density at radius 1 is 0.328 bits per heavy atom. The van der Waals surface area contributed by atoms with Gasteiger partial charge in [0.25, 0.3) is 0 Å². The van der Waals surface area contributed by atoms with E-state index in [-0.39, 0.29) is 5.41 Å². The van der Waals surface area contributed by atoms with E-state index >= 15 is 0 Å². The summed E-state index contributed by atoms with van der Waals surface area (Å²) in [5.74, 6) is 0. The molecule has 0 heterocycles. The van der Waals surface area contributed by atoms with Crippen molar-refractivity contribution in [2.24, 2.45) is 0 Å². The van der Waals surface area contributed by atoms with E-state index < -0.39 is 0 Å². The van der Waals surface area contributed by atoms with E-state index in [1.807, 2.05) is 0 Å². The Morgan fingerprint density at radius 3 is 1.76 bits per heavy atom. The van der Waals surface area contributed by atoms with Crippen LogP contribution >= 0.6 is 0 Å². The molecular weight excluding hydrogens is 699 g/mol. The highest BCUT2D eigenvalue weighted by atomic mass is 15.1. The molecule has 0 saturated heterocycles. The summed E-state index contributed by atoms with van der Waals surface area (Å²) in [7, 11) is 0. The van der Waals surface area contributed by atoms with Crippen LogP contribution in [0.1, 0.15) is 25.0 Å². The first-order chi connectivity index (χ1) is 28.5. The molecule has 0 saturated carbocycles. The fourth-order valence-corrected chi connectivity index (χ4v) is 9.63. The summed E-state index contributed by atoms with van der Waals surface area (Å²) in [6, 6.07) is 78.3. The molecule has 0 bridgehead atoms. The highest BCUT2D eigenvalue weighted by molar-refractivity contribution is 6.14. The lowest BCUT2D eigenvalue weighted by Gasteiger charge is -2.31. The minimum Gasteiger partial charge on any atom is -0.309 e. The number of fused-ring (bicyclic) bond motifs is 7. The zero-order valence-corrected chi connectivity index (χ0v) is 32.7. The van der Waals surface area contributed by atoms with Crippen molar-refractivity contribution >= 4 is 49.4 Å². The molecule has 0 aromatic heterocycles. The molecule has 0 amide bonds. The van der Waals surface area contributed by atoms with E-state index in [9.17, 15) is 0 Å². The van der Waals surface area contributed by atoms with Crippen molar-refractivity contribution in [2.75, 3.05) is 4.90 Å². The predicted octanol–water partition coefficient (Wildman–Crippen LogP) is 15.9. The van der Waals surface area contributed by atoms with Crippen LogP contribution in [0.2, 0.25) is 0 Å². The third-order valence-corrected chi connectivity index (χ3v) is 12.5. The number of anilines is 3. The van der Waals surface area contributed by atoms with Crippen LogP contribution < -0.4 is 4.90 Å². The number of hydrogen-bond donors (Lipinski definition) is 0. The molecule has 0 N–H and O–H groups in total. The van der Waals surface area contributed by atoms with Crippen LogP contribution in [-0.2, 0) is 5.41 Å². The number of nitrogens with zero attached hydrogens (tertiary/aromatic N) is 1. The average Bonchev–Trinajstić information content (AvgIpc) is 3.53. The van der Waals surface area contributed by atoms with Crippen molar-refractivity contribution in [1.82, 2.24) is 0 Å². The number of benzene rings is 10. The minimum absolute atomic E-state index is 0.135. The predicted molar refractivity (Wildman–Crippen MR) is 248 cm³/mol. The summed E-state index contributed by atoms with van der Waals surface area (Å²) in [6.07, 6.45) is 0. The molecule has 1 nitrogen and oxygen atoms in total. The van der Waals surface area contributed by atoms with Gasteiger partial charge >= 0.3 is 0 Å². The second-order valence-corrected chi connectivity index (χ2v) is 16.1. The Labute approximate surface area is 340 Å². The Bertz CT molecular complexity index is 3180. The van der Waals surface area contributed by atoms with Crippen LogP contribution in [0.25, 0.3) is 76.8 Å². The Hall–Kier alpha value is -7.22. The summed E-state index contributed by atoms with van der Waals surface area (Å²) in [4.78, 5) is 2.52. The summed E-state index contributed by atoms with van der Waals surface area (Å²) in [5, 5.41) is 7.54. The topological polar surface area (TPSA) is 3.24 Å². The molecule has 0 radical (unpaired) electrons. The molecule has 0 unspecified atom stereocenters. The van der Waals surface area contributed by atoms with Crippen LogP contribution in [0.5, 0.6) is 0 Å². The molecule has 274 valence electrons. The first-order valence-electron chi connectivity index (χ1n) is 20.3. The minimum atomic E-state index is -0.135. The van der Waals surface area contributed by atoms with Gasteiger partial charge in [0.2, 0.25) is 0 Å². The maximum Gasteiger partial charge on any atom is 0.0543 e. The molecule has 58 heavy (non-hydrogen) atoms. The van der Waals surface area contributed by atoms with Gasteiger partial charge in [-0.1, -0.05) is 190 Å². The molecule has 1 aliphatic carbocycles. The molecule has 0 spiro atoms. The molecule has 0 fully saturated rings. The van der Waals surface area contributed by atoms with Gasteiger partial charge in [0.05, 0.1) is 11.4 Å². The molecule has 10 aromatic rings. The van der Waals surface area contributed by atoms with Crippen LogP contribution in [0.3, 0.4) is 0 Å². The van der Waals surface area contributed by atoms with Crippen LogP contribution in [0, 0.1) is 0 Å². The van der Waals surface area contributed by atoms with Crippen molar-refractivity contribution in [3.63, 3.8) is 0 Å². The second kappa shape index (κ2) is 13.5. The van der Waals surface area contributed by atoms with Crippen molar-refractivity contribution in [3.8, 4) is 44.5 Å². The molecule has 0 aliphatic heterocycles. The summed E-state index contributed by atoms with van der Waals surface area (Å²) >= 11 is 0. The van der Waals surface area contributed by atoms with Gasteiger partial charge in [-0.25, -0.2) is 0 Å². The molecule has 10 aromatic carbocycles. The summed E-state index contributed by atoms with van der Waals surface area (Å²) in [6.45, 7) is 4.73. The van der Waals surface area contributed by atoms with Crippen molar-refractivity contribution in [3.05, 3.63) is 223 Å². The highest BCUT2D eigenvalue weighted by Gasteiger charge is 2.38. The van der Waals surface area contributed by atoms with Gasteiger partial charge in [0.1, 0.15) is 0 Å². The average molecular weight is 740 g/mol. The fourth-order valence-electron chi connectivity index (χ4n) is 9.63. The maximum atomic E-state index is 2.52. The van der Waals surface area contributed by atoms with Gasteiger partial charge < -0.3 is 4.90 Å². The SMILES string of the molecule is CC1(C)c2ccccc2-c2c(N(c3ccc(-c4cc5ccccc5c5ccccc45)cc3)c3ccc(-c4ccccc4)cc3-c3cccc4ccccc34)cccc21. The Kier molecular flexibility index (Phi) is 7.91. The van der Waals surface area contributed by atoms with Crippen molar-refractivity contribution < 1.29 is 0 Å². The molecule has 1 heteroatoms. The van der Waals surface area contributed by atoms with E-state index in [0.717, 1.165) is 11.4 Å². The fraction of sp³-hybridized carbons (Fsp3) is 0.0526. The Balaban J connectivity index is 1.18. The zero-order valence-electron chi connectivity index (χ0n) is 32.7. The molecule has 0 atom stereocenters. The van der Waals surface area contributed by atoms with Crippen LogP contribution in [-0.4, -0.2) is 0 Å². The Morgan fingerprint density at radius 2 is 0.931 bits per heavy atom. The van der Waals surface area contributed by atoms with E-state index in [1.54, 1.807) is 0 Å². The van der Waals surface area contributed by atoms with E-state index in [2.05, 4.69) is 231 Å². The van der Waals surface area contributed by atoms with Gasteiger partial charge in [-0.3, -0.25) is 0 Å². The number of hydrogen-bond acceptors (Lipinski definition) is 1. The van der Waals surface area contributed by atoms with Crippen molar-refractivity contribution in [1.29, 1.82) is 0 Å². The lowest BCUT2D eigenvalue weighted by molar-refractivity contribution is 0.660. The van der Waals surface area contributed by atoms with Gasteiger partial charge in [-0.15, -0.1) is 0 Å². The third-order valence-electron chi connectivity index (χ3n) is 12.5.